The number of amides is 2. The molecule has 1 aromatic rings. The van der Waals surface area contributed by atoms with Crippen LogP contribution in [0.25, 0.3) is 0 Å². The molecule has 0 aliphatic carbocycles. The Hall–Kier alpha value is -1.68. The molecule has 2 amide bonds. The van der Waals surface area contributed by atoms with Crippen LogP contribution in [-0.2, 0) is 19.5 Å². The first-order valence-corrected chi connectivity index (χ1v) is 8.22. The molecular formula is C13H21N3O5S. The van der Waals surface area contributed by atoms with Gasteiger partial charge in [0.2, 0.25) is 10.0 Å². The largest absolute Gasteiger partial charge is 0.382 e. The Kier molecular flexibility index (Phi) is 7.82. The molecule has 1 rings (SSSR count). The summed E-state index contributed by atoms with van der Waals surface area (Å²) in [6.07, 6.45) is 0.682. The van der Waals surface area contributed by atoms with Gasteiger partial charge in [-0.25, -0.2) is 18.4 Å². The number of methoxy groups -OCH3 is 1. The van der Waals surface area contributed by atoms with Gasteiger partial charge < -0.3 is 20.1 Å². The lowest BCUT2D eigenvalue weighted by atomic mass is 10.3. The molecule has 0 aromatic heterocycles. The van der Waals surface area contributed by atoms with Crippen LogP contribution in [0.15, 0.2) is 29.2 Å². The van der Waals surface area contributed by atoms with Crippen molar-refractivity contribution in [1.29, 1.82) is 0 Å². The van der Waals surface area contributed by atoms with Crippen LogP contribution in [0.1, 0.15) is 6.42 Å². The summed E-state index contributed by atoms with van der Waals surface area (Å²) in [7, 11) is -2.12. The van der Waals surface area contributed by atoms with Crippen molar-refractivity contribution in [3.63, 3.8) is 0 Å². The number of urea groups is 1. The van der Waals surface area contributed by atoms with E-state index in [0.29, 0.717) is 38.5 Å². The van der Waals surface area contributed by atoms with Crippen molar-refractivity contribution in [3.8, 4) is 0 Å². The van der Waals surface area contributed by atoms with E-state index in [1.54, 1.807) is 7.11 Å². The Morgan fingerprint density at radius 3 is 2.45 bits per heavy atom. The number of anilines is 1. The highest BCUT2D eigenvalue weighted by atomic mass is 32.2. The molecule has 124 valence electrons. The molecule has 4 N–H and O–H groups in total. The molecule has 0 bridgehead atoms. The second kappa shape index (κ2) is 9.36. The fraction of sp³-hybridized carbons (Fsp3) is 0.462. The predicted molar refractivity (Wildman–Crippen MR) is 82.1 cm³/mol. The van der Waals surface area contributed by atoms with Crippen LogP contribution >= 0.6 is 0 Å². The number of nitrogens with two attached hydrogens (primary N) is 1. The molecule has 1 aromatic carbocycles. The van der Waals surface area contributed by atoms with E-state index in [1.165, 1.54) is 24.3 Å². The molecule has 8 nitrogen and oxygen atoms in total. The molecule has 0 saturated heterocycles. The van der Waals surface area contributed by atoms with Crippen LogP contribution in [0.2, 0.25) is 0 Å². The molecule has 22 heavy (non-hydrogen) atoms. The van der Waals surface area contributed by atoms with Gasteiger partial charge in [-0.1, -0.05) is 0 Å². The molecule has 0 atom stereocenters. The van der Waals surface area contributed by atoms with Crippen LogP contribution < -0.4 is 15.8 Å². The van der Waals surface area contributed by atoms with Crippen molar-refractivity contribution in [2.75, 3.05) is 38.8 Å². The van der Waals surface area contributed by atoms with Gasteiger partial charge in [0.1, 0.15) is 0 Å². The summed E-state index contributed by atoms with van der Waals surface area (Å²) in [5, 5.41) is 10.2. The average Bonchev–Trinajstić information content (AvgIpc) is 2.46. The summed E-state index contributed by atoms with van der Waals surface area (Å²) >= 11 is 0. The molecule has 0 saturated carbocycles. The van der Waals surface area contributed by atoms with E-state index < -0.39 is 10.0 Å². The minimum absolute atomic E-state index is 0.00772. The number of ether oxygens (including phenoxy) is 2. The summed E-state index contributed by atoms with van der Waals surface area (Å²) in [4.78, 5) is 11.6. The van der Waals surface area contributed by atoms with Gasteiger partial charge in [0.15, 0.2) is 0 Å². The number of rotatable bonds is 9. The number of primary sulfonamides is 1. The van der Waals surface area contributed by atoms with Crippen LogP contribution in [0.3, 0.4) is 0 Å². The Morgan fingerprint density at radius 1 is 1.18 bits per heavy atom. The Morgan fingerprint density at radius 2 is 1.86 bits per heavy atom. The molecule has 0 unspecified atom stereocenters. The van der Waals surface area contributed by atoms with E-state index in [1.807, 2.05) is 0 Å². The summed E-state index contributed by atoms with van der Waals surface area (Å²) < 4.78 is 32.3. The van der Waals surface area contributed by atoms with Gasteiger partial charge in [-0.2, -0.15) is 0 Å². The number of hydrogen-bond acceptors (Lipinski definition) is 5. The summed E-state index contributed by atoms with van der Waals surface area (Å²) in [5.74, 6) is 0. The minimum Gasteiger partial charge on any atom is -0.382 e. The van der Waals surface area contributed by atoms with Gasteiger partial charge in [0, 0.05) is 25.9 Å². The van der Waals surface area contributed by atoms with Crippen molar-refractivity contribution in [1.82, 2.24) is 5.32 Å². The smallest absolute Gasteiger partial charge is 0.319 e. The highest BCUT2D eigenvalue weighted by Gasteiger charge is 2.07. The summed E-state index contributed by atoms with van der Waals surface area (Å²) in [5.41, 5.74) is 0.473. The zero-order chi connectivity index (χ0) is 16.4. The lowest BCUT2D eigenvalue weighted by molar-refractivity contribution is 0.0697. The number of carbonyl (C=O) groups is 1. The monoisotopic (exact) mass is 331 g/mol. The topological polar surface area (TPSA) is 120 Å². The maximum atomic E-state index is 11.6. The lowest BCUT2D eigenvalue weighted by Crippen LogP contribution is -2.30. The third-order valence-corrected chi connectivity index (χ3v) is 3.55. The molecular weight excluding hydrogens is 310 g/mol. The Bertz CT molecular complexity index is 560. The Labute approximate surface area is 130 Å². The fourth-order valence-corrected chi connectivity index (χ4v) is 2.04. The first-order valence-electron chi connectivity index (χ1n) is 6.68. The first kappa shape index (κ1) is 18.4. The number of carbonyl (C=O) groups excluding carboxylic acids is 1. The van der Waals surface area contributed by atoms with Gasteiger partial charge in [-0.3, -0.25) is 0 Å². The number of nitrogens with one attached hydrogen (secondary N) is 2. The summed E-state index contributed by atoms with van der Waals surface area (Å²) in [6.45, 7) is 2.07. The molecule has 0 aliphatic heterocycles. The maximum absolute atomic E-state index is 11.6. The van der Waals surface area contributed by atoms with E-state index in [0.717, 1.165) is 0 Å². The highest BCUT2D eigenvalue weighted by Crippen LogP contribution is 2.12. The molecule has 0 heterocycles. The number of benzene rings is 1. The van der Waals surface area contributed by atoms with E-state index in [-0.39, 0.29) is 10.9 Å². The zero-order valence-corrected chi connectivity index (χ0v) is 13.2. The van der Waals surface area contributed by atoms with Gasteiger partial charge >= 0.3 is 6.03 Å². The number of hydrogen-bond donors (Lipinski definition) is 3. The molecule has 0 fully saturated rings. The van der Waals surface area contributed by atoms with Crippen molar-refractivity contribution < 1.29 is 22.7 Å². The minimum atomic E-state index is -3.73. The standard InChI is InChI=1S/C13H21N3O5S/c1-20-9-10-21-8-2-7-15-13(17)16-11-3-5-12(6-4-11)22(14,18)19/h3-6H,2,7-10H2,1H3,(H2,14,18,19)(H2,15,16,17). The molecule has 9 heteroatoms. The van der Waals surface area contributed by atoms with Crippen LogP contribution in [-0.4, -0.2) is 47.9 Å². The first-order chi connectivity index (χ1) is 10.4. The van der Waals surface area contributed by atoms with Crippen molar-refractivity contribution in [2.45, 2.75) is 11.3 Å². The lowest BCUT2D eigenvalue weighted by Gasteiger charge is -2.08. The van der Waals surface area contributed by atoms with Crippen LogP contribution in [0.4, 0.5) is 10.5 Å². The SMILES string of the molecule is COCCOCCCNC(=O)Nc1ccc(S(N)(=O)=O)cc1. The second-order valence-electron chi connectivity index (χ2n) is 4.41. The average molecular weight is 331 g/mol. The number of sulfonamides is 1. The third-order valence-electron chi connectivity index (χ3n) is 2.62. The van der Waals surface area contributed by atoms with E-state index >= 15 is 0 Å². The van der Waals surface area contributed by atoms with Gasteiger partial charge in [0.25, 0.3) is 0 Å². The summed E-state index contributed by atoms with van der Waals surface area (Å²) in [6, 6.07) is 5.21. The predicted octanol–water partition coefficient (Wildman–Crippen LogP) is 0.509. The second-order valence-corrected chi connectivity index (χ2v) is 5.97. The Balaban J connectivity index is 2.25. The zero-order valence-electron chi connectivity index (χ0n) is 12.4. The fourth-order valence-electron chi connectivity index (χ4n) is 1.52. The maximum Gasteiger partial charge on any atom is 0.319 e. The van der Waals surface area contributed by atoms with Crippen molar-refractivity contribution in [3.05, 3.63) is 24.3 Å². The van der Waals surface area contributed by atoms with Crippen LogP contribution in [0.5, 0.6) is 0 Å². The van der Waals surface area contributed by atoms with Gasteiger partial charge in [-0.05, 0) is 30.7 Å². The van der Waals surface area contributed by atoms with Crippen molar-refractivity contribution >= 4 is 21.7 Å². The third kappa shape index (κ3) is 7.36. The normalized spacial score (nSPS) is 11.2. The van der Waals surface area contributed by atoms with Gasteiger partial charge in [0.05, 0.1) is 18.1 Å². The van der Waals surface area contributed by atoms with E-state index in [4.69, 9.17) is 14.6 Å². The quantitative estimate of drug-likeness (QED) is 0.569. The molecule has 0 aliphatic rings. The van der Waals surface area contributed by atoms with Gasteiger partial charge in [-0.15, -0.1) is 0 Å². The highest BCUT2D eigenvalue weighted by molar-refractivity contribution is 7.89. The van der Waals surface area contributed by atoms with E-state index in [9.17, 15) is 13.2 Å². The van der Waals surface area contributed by atoms with Crippen molar-refractivity contribution in [2.24, 2.45) is 5.14 Å². The molecule has 0 radical (unpaired) electrons. The van der Waals surface area contributed by atoms with E-state index in [2.05, 4.69) is 10.6 Å². The molecule has 0 spiro atoms. The van der Waals surface area contributed by atoms with Crippen LogP contribution in [0, 0.1) is 0 Å².